The summed E-state index contributed by atoms with van der Waals surface area (Å²) in [6.45, 7) is 5.55. The summed E-state index contributed by atoms with van der Waals surface area (Å²) in [6, 6.07) is 3.17. The number of aromatic nitrogens is 2. The van der Waals surface area contributed by atoms with E-state index in [9.17, 15) is 18.0 Å². The number of thiocarbonyl (C=S) groups is 1. The Bertz CT molecular complexity index is 1340. The smallest absolute Gasteiger partial charge is 0.267 e. The molecule has 0 radical (unpaired) electrons. The Labute approximate surface area is 207 Å². The maximum atomic E-state index is 13.4. The van der Waals surface area contributed by atoms with Gasteiger partial charge in [-0.25, -0.2) is 13.4 Å². The van der Waals surface area contributed by atoms with Gasteiger partial charge in [0.1, 0.15) is 15.8 Å². The number of pyridine rings is 1. The van der Waals surface area contributed by atoms with E-state index in [1.165, 1.54) is 15.4 Å². The Balaban J connectivity index is 1.70. The Morgan fingerprint density at radius 3 is 2.85 bits per heavy atom. The van der Waals surface area contributed by atoms with Gasteiger partial charge in [0.25, 0.3) is 11.5 Å². The number of fused-ring (bicyclic) bond motifs is 1. The number of carbonyl (C=O) groups is 1. The Morgan fingerprint density at radius 1 is 1.35 bits per heavy atom. The fourth-order valence-corrected chi connectivity index (χ4v) is 7.04. The number of thioether (sulfide) groups is 1. The van der Waals surface area contributed by atoms with Crippen LogP contribution < -0.4 is 10.9 Å². The molecule has 1 unspecified atom stereocenters. The molecule has 2 aliphatic rings. The quantitative estimate of drug-likeness (QED) is 0.317. The molecule has 0 bridgehead atoms. The second-order valence-corrected chi connectivity index (χ2v) is 12.1. The second-order valence-electron chi connectivity index (χ2n) is 8.20. The average Bonchev–Trinajstić information content (AvgIpc) is 3.28. The SMILES string of the molecule is CCOCCCNc1nc2ccc(C)cn2c(=O)c1C=C1SC(=S)N(C2CCS(=O)(=O)C2)C1=O. The van der Waals surface area contributed by atoms with Crippen molar-refractivity contribution >= 4 is 61.6 Å². The van der Waals surface area contributed by atoms with Crippen LogP contribution in [-0.2, 0) is 19.4 Å². The standard InChI is InChI=1S/C22H26N4O5S3/c1-3-31-9-4-8-23-19-16(20(27)25-12-14(2)5-6-18(25)24-19)11-17-21(28)26(22(32)33-17)15-7-10-34(29,30)13-15/h5-6,11-12,15,23H,3-4,7-10,13H2,1-2H3. The third kappa shape index (κ3) is 5.19. The van der Waals surface area contributed by atoms with Gasteiger partial charge < -0.3 is 10.1 Å². The molecule has 2 aliphatic heterocycles. The molecule has 4 rings (SSSR count). The normalized spacial score (nSPS) is 21.2. The summed E-state index contributed by atoms with van der Waals surface area (Å²) in [5, 5.41) is 3.20. The van der Waals surface area contributed by atoms with Gasteiger partial charge in [0.05, 0.1) is 28.0 Å². The van der Waals surface area contributed by atoms with Gasteiger partial charge >= 0.3 is 0 Å². The van der Waals surface area contributed by atoms with Crippen molar-refractivity contribution in [1.29, 1.82) is 0 Å². The van der Waals surface area contributed by atoms with Gasteiger partial charge in [-0.15, -0.1) is 0 Å². The molecule has 0 aliphatic carbocycles. The zero-order valence-electron chi connectivity index (χ0n) is 18.9. The van der Waals surface area contributed by atoms with E-state index in [0.29, 0.717) is 42.0 Å². The lowest BCUT2D eigenvalue weighted by Gasteiger charge is -2.20. The van der Waals surface area contributed by atoms with Gasteiger partial charge in [-0.3, -0.25) is 18.9 Å². The number of sulfone groups is 1. The molecule has 9 nitrogen and oxygen atoms in total. The van der Waals surface area contributed by atoms with Crippen molar-refractivity contribution in [2.45, 2.75) is 32.7 Å². The van der Waals surface area contributed by atoms with Crippen LogP contribution in [0.4, 0.5) is 5.82 Å². The van der Waals surface area contributed by atoms with Crippen molar-refractivity contribution in [2.24, 2.45) is 0 Å². The Kier molecular flexibility index (Phi) is 7.41. The molecular weight excluding hydrogens is 496 g/mol. The zero-order chi connectivity index (χ0) is 24.5. The van der Waals surface area contributed by atoms with Crippen LogP contribution in [0.3, 0.4) is 0 Å². The van der Waals surface area contributed by atoms with Gasteiger partial charge in [-0.2, -0.15) is 0 Å². The lowest BCUT2D eigenvalue weighted by atomic mass is 10.2. The number of anilines is 1. The molecule has 2 aromatic rings. The minimum Gasteiger partial charge on any atom is -0.382 e. The first-order chi connectivity index (χ1) is 16.2. The van der Waals surface area contributed by atoms with E-state index in [2.05, 4.69) is 10.3 Å². The van der Waals surface area contributed by atoms with Crippen molar-refractivity contribution < 1.29 is 17.9 Å². The molecule has 0 aromatic carbocycles. The highest BCUT2D eigenvalue weighted by Crippen LogP contribution is 2.36. The molecule has 2 saturated heterocycles. The molecule has 2 aromatic heterocycles. The van der Waals surface area contributed by atoms with Crippen molar-refractivity contribution in [3.63, 3.8) is 0 Å². The van der Waals surface area contributed by atoms with Gasteiger partial charge in [-0.1, -0.05) is 30.0 Å². The van der Waals surface area contributed by atoms with Crippen LogP contribution in [0.2, 0.25) is 0 Å². The summed E-state index contributed by atoms with van der Waals surface area (Å²) in [5.41, 5.74) is 1.33. The number of hydrogen-bond donors (Lipinski definition) is 1. The molecule has 0 spiro atoms. The van der Waals surface area contributed by atoms with Gasteiger partial charge in [0, 0.05) is 26.0 Å². The van der Waals surface area contributed by atoms with E-state index in [-0.39, 0.29) is 33.4 Å². The molecular formula is C22H26N4O5S3. The van der Waals surface area contributed by atoms with Gasteiger partial charge in [-0.05, 0) is 44.4 Å². The molecule has 34 heavy (non-hydrogen) atoms. The fourth-order valence-electron chi connectivity index (χ4n) is 3.95. The minimum absolute atomic E-state index is 0.0406. The van der Waals surface area contributed by atoms with Crippen LogP contribution in [0, 0.1) is 6.92 Å². The third-order valence-corrected chi connectivity index (χ3v) is 8.72. The highest BCUT2D eigenvalue weighted by atomic mass is 32.2. The van der Waals surface area contributed by atoms with Crippen molar-refractivity contribution in [1.82, 2.24) is 14.3 Å². The number of carbonyl (C=O) groups excluding carboxylic acids is 1. The maximum Gasteiger partial charge on any atom is 0.267 e. The Morgan fingerprint density at radius 2 is 2.15 bits per heavy atom. The van der Waals surface area contributed by atoms with Gasteiger partial charge in [0.15, 0.2) is 9.84 Å². The molecule has 182 valence electrons. The van der Waals surface area contributed by atoms with E-state index in [0.717, 1.165) is 23.7 Å². The molecule has 0 saturated carbocycles. The molecule has 4 heterocycles. The van der Waals surface area contributed by atoms with Crippen molar-refractivity contribution in [3.8, 4) is 0 Å². The molecule has 12 heteroatoms. The highest BCUT2D eigenvalue weighted by Gasteiger charge is 2.42. The number of ether oxygens (including phenoxy) is 1. The number of hydrogen-bond acceptors (Lipinski definition) is 9. The largest absolute Gasteiger partial charge is 0.382 e. The predicted molar refractivity (Wildman–Crippen MR) is 138 cm³/mol. The summed E-state index contributed by atoms with van der Waals surface area (Å²) in [5.74, 6) is -0.0651. The zero-order valence-corrected chi connectivity index (χ0v) is 21.4. The number of nitrogens with one attached hydrogen (secondary N) is 1. The molecule has 1 atom stereocenters. The summed E-state index contributed by atoms with van der Waals surface area (Å²) in [6.07, 6.45) is 4.29. The second kappa shape index (κ2) is 10.1. The summed E-state index contributed by atoms with van der Waals surface area (Å²) < 4.78 is 31.0. The van der Waals surface area contributed by atoms with Crippen LogP contribution in [0.25, 0.3) is 11.7 Å². The van der Waals surface area contributed by atoms with Crippen molar-refractivity contribution in [3.05, 3.63) is 44.7 Å². The van der Waals surface area contributed by atoms with Crippen LogP contribution in [0.15, 0.2) is 28.0 Å². The van der Waals surface area contributed by atoms with Crippen LogP contribution in [0.5, 0.6) is 0 Å². The lowest BCUT2D eigenvalue weighted by Crippen LogP contribution is -2.39. The fraction of sp³-hybridized carbons (Fsp3) is 0.455. The molecule has 2 fully saturated rings. The number of rotatable bonds is 8. The first-order valence-electron chi connectivity index (χ1n) is 11.0. The van der Waals surface area contributed by atoms with Crippen LogP contribution >= 0.6 is 24.0 Å². The minimum atomic E-state index is -3.18. The maximum absolute atomic E-state index is 13.4. The number of aryl methyl sites for hydroxylation is 1. The lowest BCUT2D eigenvalue weighted by molar-refractivity contribution is -0.123. The van der Waals surface area contributed by atoms with E-state index in [4.69, 9.17) is 17.0 Å². The van der Waals surface area contributed by atoms with Crippen LogP contribution in [0.1, 0.15) is 30.9 Å². The average molecular weight is 523 g/mol. The van der Waals surface area contributed by atoms with Crippen molar-refractivity contribution in [2.75, 3.05) is 36.6 Å². The molecule has 1 amide bonds. The van der Waals surface area contributed by atoms with E-state index >= 15 is 0 Å². The number of nitrogens with zero attached hydrogens (tertiary/aromatic N) is 3. The summed E-state index contributed by atoms with van der Waals surface area (Å²) in [4.78, 5) is 32.9. The van der Waals surface area contributed by atoms with E-state index < -0.39 is 15.9 Å². The van der Waals surface area contributed by atoms with Gasteiger partial charge in [0.2, 0.25) is 0 Å². The Hall–Kier alpha value is -2.28. The number of amides is 1. The van der Waals surface area contributed by atoms with Crippen LogP contribution in [-0.4, -0.2) is 70.2 Å². The summed E-state index contributed by atoms with van der Waals surface area (Å²) >= 11 is 6.47. The topological polar surface area (TPSA) is 110 Å². The van der Waals surface area contributed by atoms with E-state index in [1.54, 1.807) is 12.3 Å². The highest BCUT2D eigenvalue weighted by molar-refractivity contribution is 8.26. The summed E-state index contributed by atoms with van der Waals surface area (Å²) in [7, 11) is -3.18. The van der Waals surface area contributed by atoms with E-state index in [1.807, 2.05) is 19.9 Å². The first kappa shape index (κ1) is 24.8. The predicted octanol–water partition coefficient (Wildman–Crippen LogP) is 2.23. The third-order valence-electron chi connectivity index (χ3n) is 5.64. The molecule has 1 N–H and O–H groups in total. The monoisotopic (exact) mass is 522 g/mol. The first-order valence-corrected chi connectivity index (χ1v) is 14.1.